The molecule has 4 rings (SSSR count). The monoisotopic (exact) mass is 379 g/mol. The van der Waals surface area contributed by atoms with E-state index in [1.165, 1.54) is 35.4 Å². The van der Waals surface area contributed by atoms with Gasteiger partial charge in [0.1, 0.15) is 11.6 Å². The van der Waals surface area contributed by atoms with Gasteiger partial charge >= 0.3 is 5.97 Å². The van der Waals surface area contributed by atoms with Crippen LogP contribution in [0.25, 0.3) is 10.8 Å². The molecule has 1 aliphatic rings. The number of nitrogens with one attached hydrogen (secondary N) is 1. The number of carbonyl (C=O) groups is 2. The van der Waals surface area contributed by atoms with E-state index in [0.717, 1.165) is 23.6 Å². The molecule has 0 saturated carbocycles. The smallest absolute Gasteiger partial charge is 0.346 e. The number of benzene rings is 3. The van der Waals surface area contributed by atoms with Gasteiger partial charge in [0.2, 0.25) is 6.10 Å². The number of aryl methyl sites for hydroxylation is 2. The van der Waals surface area contributed by atoms with Crippen LogP contribution in [0, 0.1) is 5.82 Å². The van der Waals surface area contributed by atoms with Crippen molar-refractivity contribution in [3.63, 3.8) is 0 Å². The molecular weight excluding hydrogens is 361 g/mol. The molecule has 28 heavy (non-hydrogen) atoms. The van der Waals surface area contributed by atoms with Gasteiger partial charge in [0.15, 0.2) is 0 Å². The van der Waals surface area contributed by atoms with Gasteiger partial charge in [-0.2, -0.15) is 0 Å². The Morgan fingerprint density at radius 3 is 2.46 bits per heavy atom. The molecule has 3 aromatic carbocycles. The van der Waals surface area contributed by atoms with Crippen molar-refractivity contribution in [2.24, 2.45) is 0 Å². The molecule has 0 bridgehead atoms. The summed E-state index contributed by atoms with van der Waals surface area (Å²) in [6.45, 7) is -0.214. The summed E-state index contributed by atoms with van der Waals surface area (Å²) in [5, 5.41) is 14.0. The minimum Gasteiger partial charge on any atom is -0.478 e. The Morgan fingerprint density at radius 1 is 1.04 bits per heavy atom. The van der Waals surface area contributed by atoms with Crippen molar-refractivity contribution >= 4 is 22.6 Å². The van der Waals surface area contributed by atoms with E-state index < -0.39 is 17.9 Å². The van der Waals surface area contributed by atoms with Crippen molar-refractivity contribution in [1.29, 1.82) is 0 Å². The SMILES string of the molecule is O=C(NCC(Oc1ccc(F)cc1)C(=O)O)c1ccc2c3c(cccc13)CC2. The van der Waals surface area contributed by atoms with Crippen molar-refractivity contribution in [1.82, 2.24) is 5.32 Å². The topological polar surface area (TPSA) is 75.6 Å². The summed E-state index contributed by atoms with van der Waals surface area (Å²) in [6.07, 6.45) is 0.639. The molecule has 142 valence electrons. The molecule has 6 heteroatoms. The minimum absolute atomic E-state index is 0.214. The predicted molar refractivity (Wildman–Crippen MR) is 102 cm³/mol. The lowest BCUT2D eigenvalue weighted by atomic mass is 9.99. The first kappa shape index (κ1) is 18.0. The second-order valence-electron chi connectivity index (χ2n) is 6.72. The highest BCUT2D eigenvalue weighted by atomic mass is 19.1. The number of hydrogen-bond donors (Lipinski definition) is 2. The second-order valence-corrected chi connectivity index (χ2v) is 6.72. The molecule has 0 heterocycles. The number of hydrogen-bond acceptors (Lipinski definition) is 3. The van der Waals surface area contributed by atoms with Crippen LogP contribution in [0.3, 0.4) is 0 Å². The number of amides is 1. The fourth-order valence-corrected chi connectivity index (χ4v) is 3.58. The maximum absolute atomic E-state index is 13.0. The third kappa shape index (κ3) is 3.41. The number of carbonyl (C=O) groups excluding carboxylic acids is 1. The van der Waals surface area contributed by atoms with Crippen molar-refractivity contribution < 1.29 is 23.8 Å². The van der Waals surface area contributed by atoms with Crippen LogP contribution in [0.5, 0.6) is 5.75 Å². The standard InChI is InChI=1S/C22H18FNO4/c23-15-7-9-16(10-8-15)28-19(22(26)27)12-24-21(25)18-11-6-14-5-4-13-2-1-3-17(18)20(13)14/h1-3,6-11,19H,4-5,12H2,(H,24,25)(H,26,27). The molecule has 1 aliphatic carbocycles. The van der Waals surface area contributed by atoms with E-state index in [-0.39, 0.29) is 18.2 Å². The Morgan fingerprint density at radius 2 is 1.75 bits per heavy atom. The molecule has 1 unspecified atom stereocenters. The van der Waals surface area contributed by atoms with Crippen LogP contribution in [0.1, 0.15) is 21.5 Å². The van der Waals surface area contributed by atoms with Gasteiger partial charge in [0.25, 0.3) is 5.91 Å². The zero-order valence-corrected chi connectivity index (χ0v) is 14.9. The molecule has 0 radical (unpaired) electrons. The Hall–Kier alpha value is -3.41. The number of aliphatic carboxylic acids is 1. The third-order valence-electron chi connectivity index (χ3n) is 4.94. The van der Waals surface area contributed by atoms with Crippen LogP contribution in [-0.4, -0.2) is 29.6 Å². The number of carboxylic acids is 1. The summed E-state index contributed by atoms with van der Waals surface area (Å²) in [4.78, 5) is 24.2. The maximum Gasteiger partial charge on any atom is 0.346 e. The van der Waals surface area contributed by atoms with E-state index in [9.17, 15) is 19.1 Å². The van der Waals surface area contributed by atoms with Gasteiger partial charge in [-0.1, -0.05) is 24.3 Å². The lowest BCUT2D eigenvalue weighted by Gasteiger charge is -2.16. The van der Waals surface area contributed by atoms with Crippen molar-refractivity contribution in [3.05, 3.63) is 77.1 Å². The molecule has 2 N–H and O–H groups in total. The second kappa shape index (κ2) is 7.31. The summed E-state index contributed by atoms with van der Waals surface area (Å²) in [6, 6.07) is 14.7. The first-order chi connectivity index (χ1) is 13.5. The Balaban J connectivity index is 1.51. The van der Waals surface area contributed by atoms with Gasteiger partial charge in [-0.3, -0.25) is 4.79 Å². The lowest BCUT2D eigenvalue weighted by molar-refractivity contribution is -0.144. The van der Waals surface area contributed by atoms with E-state index in [0.29, 0.717) is 5.56 Å². The van der Waals surface area contributed by atoms with Gasteiger partial charge in [0.05, 0.1) is 6.54 Å². The van der Waals surface area contributed by atoms with Crippen molar-refractivity contribution in [2.45, 2.75) is 18.9 Å². The van der Waals surface area contributed by atoms with E-state index in [4.69, 9.17) is 4.74 Å². The molecule has 5 nitrogen and oxygen atoms in total. The summed E-state index contributed by atoms with van der Waals surface area (Å²) in [7, 11) is 0. The Kier molecular flexibility index (Phi) is 4.69. The van der Waals surface area contributed by atoms with E-state index in [1.807, 2.05) is 18.2 Å². The largest absolute Gasteiger partial charge is 0.478 e. The zero-order chi connectivity index (χ0) is 19.7. The Labute approximate surface area is 160 Å². The highest BCUT2D eigenvalue weighted by molar-refractivity contribution is 6.09. The van der Waals surface area contributed by atoms with E-state index in [2.05, 4.69) is 11.4 Å². The fourth-order valence-electron chi connectivity index (χ4n) is 3.58. The van der Waals surface area contributed by atoms with E-state index >= 15 is 0 Å². The van der Waals surface area contributed by atoms with Crippen molar-refractivity contribution in [2.75, 3.05) is 6.54 Å². The molecule has 0 aromatic heterocycles. The average molecular weight is 379 g/mol. The van der Waals surface area contributed by atoms with Crippen LogP contribution in [0.15, 0.2) is 54.6 Å². The summed E-state index contributed by atoms with van der Waals surface area (Å²) >= 11 is 0. The summed E-state index contributed by atoms with van der Waals surface area (Å²) < 4.78 is 18.4. The highest BCUT2D eigenvalue weighted by Crippen LogP contribution is 2.32. The van der Waals surface area contributed by atoms with Gasteiger partial charge in [0, 0.05) is 5.56 Å². The number of rotatable bonds is 6. The number of halogens is 1. The van der Waals surface area contributed by atoms with Gasteiger partial charge in [-0.15, -0.1) is 0 Å². The zero-order valence-electron chi connectivity index (χ0n) is 14.9. The number of ether oxygens (including phenoxy) is 1. The molecule has 0 saturated heterocycles. The molecular formula is C22H18FNO4. The Bertz CT molecular complexity index is 1050. The normalized spacial score (nSPS) is 13.3. The molecule has 3 aromatic rings. The van der Waals surface area contributed by atoms with Crippen LogP contribution >= 0.6 is 0 Å². The van der Waals surface area contributed by atoms with Crippen LogP contribution < -0.4 is 10.1 Å². The lowest BCUT2D eigenvalue weighted by Crippen LogP contribution is -2.40. The van der Waals surface area contributed by atoms with Crippen LogP contribution in [0.2, 0.25) is 0 Å². The van der Waals surface area contributed by atoms with Crippen molar-refractivity contribution in [3.8, 4) is 5.75 Å². The molecule has 1 amide bonds. The maximum atomic E-state index is 13.0. The third-order valence-corrected chi connectivity index (χ3v) is 4.94. The van der Waals surface area contributed by atoms with E-state index in [1.54, 1.807) is 6.07 Å². The first-order valence-electron chi connectivity index (χ1n) is 8.99. The number of carboxylic acid groups (broad SMARTS) is 1. The minimum atomic E-state index is -1.29. The molecule has 0 aliphatic heterocycles. The quantitative estimate of drug-likeness (QED) is 0.689. The van der Waals surface area contributed by atoms with Gasteiger partial charge in [-0.25, -0.2) is 9.18 Å². The van der Waals surface area contributed by atoms with Crippen LogP contribution in [-0.2, 0) is 17.6 Å². The van der Waals surface area contributed by atoms with Gasteiger partial charge in [-0.05, 0) is 65.1 Å². The first-order valence-corrected chi connectivity index (χ1v) is 8.99. The summed E-state index contributed by atoms with van der Waals surface area (Å²) in [5.41, 5.74) is 2.96. The highest BCUT2D eigenvalue weighted by Gasteiger charge is 2.23. The predicted octanol–water partition coefficient (Wildman–Crippen LogP) is 3.34. The molecule has 0 spiro atoms. The fraction of sp³-hybridized carbons (Fsp3) is 0.182. The van der Waals surface area contributed by atoms with Crippen LogP contribution in [0.4, 0.5) is 4.39 Å². The summed E-state index contributed by atoms with van der Waals surface area (Å²) in [5.74, 6) is -1.80. The average Bonchev–Trinajstić information content (AvgIpc) is 3.11. The molecule has 0 fully saturated rings. The molecule has 1 atom stereocenters. The van der Waals surface area contributed by atoms with Gasteiger partial charge < -0.3 is 15.2 Å².